The zero-order valence-electron chi connectivity index (χ0n) is 20.1. The lowest BCUT2D eigenvalue weighted by Crippen LogP contribution is -2.26. The summed E-state index contributed by atoms with van der Waals surface area (Å²) in [5, 5.41) is 0. The Labute approximate surface area is 240 Å². The fourth-order valence-electron chi connectivity index (χ4n) is 2.87. The van der Waals surface area contributed by atoms with Crippen LogP contribution in [0.15, 0.2) is 71.7 Å². The zero-order chi connectivity index (χ0) is 28.2. The summed E-state index contributed by atoms with van der Waals surface area (Å²) < 4.78 is 56.7. The Bertz CT molecular complexity index is 1350. The number of thiazole rings is 2. The fourth-order valence-corrected chi connectivity index (χ4v) is 6.21. The first kappa shape index (κ1) is 32.3. The molecule has 0 radical (unpaired) electrons. The molecule has 4 rings (SSSR count). The van der Waals surface area contributed by atoms with Gasteiger partial charge >= 0.3 is 0 Å². The Morgan fingerprint density at radius 1 is 0.711 bits per heavy atom. The Morgan fingerprint density at radius 3 is 1.32 bits per heavy atom. The van der Waals surface area contributed by atoms with E-state index in [-0.39, 0.29) is 0 Å². The van der Waals surface area contributed by atoms with Gasteiger partial charge in [-0.2, -0.15) is 0 Å². The monoisotopic (exact) mass is 634 g/mol. The maximum absolute atomic E-state index is 9.84. The number of nitrogens with zero attached hydrogens (tertiary/aromatic N) is 2. The summed E-state index contributed by atoms with van der Waals surface area (Å²) in [4.78, 5) is 11.3. The van der Waals surface area contributed by atoms with Crippen LogP contribution in [0.1, 0.15) is 16.7 Å². The standard InChI is InChI=1S/2C11H10ClNS.C2H6O6S2/c2*12-7-6-10-11(13-8-14-10)9-4-2-1-3-5-9;1-2(9(3,4)5)10(6,7)8/h2*1-5,8H,6-7H2;2H,1H3,(H,3,4,5)(H,6,7,8)/p-2. The number of aryl methyl sites for hydroxylation is 2. The predicted octanol–water partition coefficient (Wildman–Crippen LogP) is 5.61. The number of benzene rings is 2. The molecular formula is C24H24Cl2N2O6S4-2. The van der Waals surface area contributed by atoms with E-state index in [1.807, 2.05) is 47.4 Å². The summed E-state index contributed by atoms with van der Waals surface area (Å²) in [6.07, 6.45) is 1.80. The highest BCUT2D eigenvalue weighted by atomic mass is 35.5. The van der Waals surface area contributed by atoms with Crippen LogP contribution in [0.5, 0.6) is 0 Å². The minimum absolute atomic E-state index is 0.532. The second-order valence-corrected chi connectivity index (χ2v) is 13.7. The Kier molecular flexibility index (Phi) is 13.3. The topological polar surface area (TPSA) is 140 Å². The van der Waals surface area contributed by atoms with E-state index >= 15 is 0 Å². The molecule has 0 aliphatic heterocycles. The van der Waals surface area contributed by atoms with E-state index in [4.69, 9.17) is 23.2 Å². The zero-order valence-corrected chi connectivity index (χ0v) is 24.8. The molecule has 206 valence electrons. The van der Waals surface area contributed by atoms with E-state index in [0.29, 0.717) is 18.7 Å². The normalized spacial score (nSPS) is 11.3. The number of hydrogen-bond donors (Lipinski definition) is 0. The molecule has 0 atom stereocenters. The third-order valence-corrected chi connectivity index (χ3v) is 10.0. The van der Waals surface area contributed by atoms with Gasteiger partial charge in [-0.1, -0.05) is 60.7 Å². The van der Waals surface area contributed by atoms with Crippen LogP contribution in [-0.2, 0) is 33.1 Å². The maximum atomic E-state index is 9.84. The minimum Gasteiger partial charge on any atom is -0.747 e. The van der Waals surface area contributed by atoms with Gasteiger partial charge < -0.3 is 9.11 Å². The van der Waals surface area contributed by atoms with Gasteiger partial charge in [0.05, 0.1) is 22.4 Å². The van der Waals surface area contributed by atoms with Gasteiger partial charge in [0.1, 0.15) is 24.8 Å². The summed E-state index contributed by atoms with van der Waals surface area (Å²) in [7, 11) is -10.0. The molecule has 38 heavy (non-hydrogen) atoms. The van der Waals surface area contributed by atoms with Gasteiger partial charge in [0, 0.05) is 32.6 Å². The Balaban J connectivity index is 0.000000204. The van der Waals surface area contributed by atoms with Crippen molar-refractivity contribution in [2.24, 2.45) is 0 Å². The van der Waals surface area contributed by atoms with Gasteiger partial charge in [0.2, 0.25) is 0 Å². The first-order chi connectivity index (χ1) is 18.0. The van der Waals surface area contributed by atoms with Gasteiger partial charge in [-0.3, -0.25) is 0 Å². The molecule has 0 aliphatic rings. The number of alkyl halides is 2. The molecule has 0 unspecified atom stereocenters. The van der Waals surface area contributed by atoms with Crippen molar-refractivity contribution < 1.29 is 25.9 Å². The van der Waals surface area contributed by atoms with Gasteiger partial charge in [0.15, 0.2) is 0 Å². The van der Waals surface area contributed by atoms with Crippen LogP contribution >= 0.6 is 45.9 Å². The molecule has 2 aromatic carbocycles. The molecule has 14 heteroatoms. The fraction of sp³-hybridized carbons (Fsp3) is 0.250. The van der Waals surface area contributed by atoms with E-state index in [1.165, 1.54) is 20.9 Å². The molecule has 0 bridgehead atoms. The van der Waals surface area contributed by atoms with E-state index in [2.05, 4.69) is 34.2 Å². The molecule has 0 saturated heterocycles. The largest absolute Gasteiger partial charge is 0.747 e. The van der Waals surface area contributed by atoms with Crippen LogP contribution in [0.2, 0.25) is 0 Å². The predicted molar refractivity (Wildman–Crippen MR) is 153 cm³/mol. The van der Waals surface area contributed by atoms with Gasteiger partial charge in [-0.15, -0.1) is 45.9 Å². The first-order valence-electron chi connectivity index (χ1n) is 11.0. The second kappa shape index (κ2) is 15.6. The molecule has 2 aromatic heterocycles. The lowest BCUT2D eigenvalue weighted by Gasteiger charge is -2.18. The molecule has 0 N–H and O–H groups in total. The lowest BCUT2D eigenvalue weighted by atomic mass is 10.1. The summed E-state index contributed by atoms with van der Waals surface area (Å²) in [6.45, 7) is 0.532. The highest BCUT2D eigenvalue weighted by molar-refractivity contribution is 8.03. The van der Waals surface area contributed by atoms with Crippen LogP contribution in [0.4, 0.5) is 0 Å². The van der Waals surface area contributed by atoms with Crippen molar-refractivity contribution in [1.29, 1.82) is 0 Å². The maximum Gasteiger partial charge on any atom is 0.136 e. The van der Waals surface area contributed by atoms with Crippen molar-refractivity contribution in [1.82, 2.24) is 9.97 Å². The number of hydrogen-bond acceptors (Lipinski definition) is 10. The smallest absolute Gasteiger partial charge is 0.136 e. The van der Waals surface area contributed by atoms with E-state index < -0.39 is 24.8 Å². The highest BCUT2D eigenvalue weighted by Gasteiger charge is 2.16. The van der Waals surface area contributed by atoms with Crippen molar-refractivity contribution in [2.75, 3.05) is 11.8 Å². The summed E-state index contributed by atoms with van der Waals surface area (Å²) in [5.74, 6) is 1.31. The third-order valence-electron chi connectivity index (χ3n) is 4.83. The molecule has 0 amide bonds. The molecule has 4 aromatic rings. The number of halogens is 2. The molecule has 0 aliphatic carbocycles. The molecule has 0 saturated carbocycles. The van der Waals surface area contributed by atoms with Gasteiger partial charge in [0.25, 0.3) is 0 Å². The Morgan fingerprint density at radius 2 is 1.05 bits per heavy atom. The van der Waals surface area contributed by atoms with Crippen LogP contribution < -0.4 is 0 Å². The second-order valence-electron chi connectivity index (χ2n) is 7.41. The highest BCUT2D eigenvalue weighted by Crippen LogP contribution is 2.26. The van der Waals surface area contributed by atoms with Crippen molar-refractivity contribution in [2.45, 2.75) is 24.3 Å². The molecule has 8 nitrogen and oxygen atoms in total. The molecular weight excluding hydrogens is 611 g/mol. The summed E-state index contributed by atoms with van der Waals surface area (Å²) in [6, 6.07) is 20.4. The number of aromatic nitrogens is 2. The van der Waals surface area contributed by atoms with Gasteiger partial charge in [-0.25, -0.2) is 26.8 Å². The van der Waals surface area contributed by atoms with Crippen molar-refractivity contribution in [3.8, 4) is 22.5 Å². The summed E-state index contributed by atoms with van der Waals surface area (Å²) in [5.41, 5.74) is 8.27. The average Bonchev–Trinajstić information content (AvgIpc) is 3.55. The number of rotatable bonds is 8. The molecule has 0 spiro atoms. The van der Waals surface area contributed by atoms with Crippen molar-refractivity contribution >= 4 is 66.1 Å². The molecule has 2 heterocycles. The van der Waals surface area contributed by atoms with E-state index in [9.17, 15) is 25.9 Å². The third kappa shape index (κ3) is 10.3. The summed E-state index contributed by atoms with van der Waals surface area (Å²) >= 11 is 14.8. The minimum atomic E-state index is -5.01. The van der Waals surface area contributed by atoms with Crippen LogP contribution in [-0.4, -0.2) is 52.3 Å². The van der Waals surface area contributed by atoms with Crippen LogP contribution in [0.25, 0.3) is 22.5 Å². The van der Waals surface area contributed by atoms with Crippen LogP contribution in [0, 0.1) is 0 Å². The van der Waals surface area contributed by atoms with Crippen molar-refractivity contribution in [3.63, 3.8) is 0 Å². The van der Waals surface area contributed by atoms with E-state index in [1.54, 1.807) is 22.7 Å². The SMILES string of the molecule is CC(S(=O)(=O)[O-])S(=O)(=O)[O-].ClCCc1scnc1-c1ccccc1.ClCCc1scnc1-c1ccccc1. The average molecular weight is 636 g/mol. The van der Waals surface area contributed by atoms with Crippen molar-refractivity contribution in [3.05, 3.63) is 81.4 Å². The first-order valence-corrected chi connectivity index (χ1v) is 16.7. The van der Waals surface area contributed by atoms with Gasteiger partial charge in [-0.05, 0) is 19.8 Å². The quantitative estimate of drug-likeness (QED) is 0.180. The lowest BCUT2D eigenvalue weighted by molar-refractivity contribution is 0.438. The van der Waals surface area contributed by atoms with Crippen LogP contribution in [0.3, 0.4) is 0 Å². The Hall–Kier alpha value is -1.90. The van der Waals surface area contributed by atoms with E-state index in [0.717, 1.165) is 24.2 Å². The molecule has 0 fully saturated rings.